The molecule has 0 spiro atoms. The molecule has 3 nitrogen and oxygen atoms in total. The number of alkyl halides is 2. The summed E-state index contributed by atoms with van der Waals surface area (Å²) < 4.78 is 26.6. The number of halogens is 2. The Morgan fingerprint density at radius 1 is 0.917 bits per heavy atom. The molecule has 0 atom stereocenters. The van der Waals surface area contributed by atoms with Crippen LogP contribution < -0.4 is 4.90 Å². The first kappa shape index (κ1) is 16.8. The van der Waals surface area contributed by atoms with Gasteiger partial charge in [-0.1, -0.05) is 25.0 Å². The molecule has 1 aromatic heterocycles. The molecule has 128 valence electrons. The molecular formula is C19H23F2N3. The summed E-state index contributed by atoms with van der Waals surface area (Å²) in [5.74, 6) is 0.433. The van der Waals surface area contributed by atoms with Gasteiger partial charge in [0.25, 0.3) is 6.43 Å². The fourth-order valence-electron chi connectivity index (χ4n) is 3.03. The fraction of sp³-hybridized carbons (Fsp3) is 0.474. The molecule has 5 heteroatoms. The minimum atomic E-state index is -2.59. The Kier molecular flexibility index (Phi) is 5.07. The van der Waals surface area contributed by atoms with Crippen molar-refractivity contribution in [3.8, 4) is 11.3 Å². The summed E-state index contributed by atoms with van der Waals surface area (Å²) in [6, 6.07) is 7.35. The molecule has 1 aliphatic rings. The van der Waals surface area contributed by atoms with Crippen molar-refractivity contribution in [1.82, 2.24) is 9.97 Å². The van der Waals surface area contributed by atoms with Crippen molar-refractivity contribution < 1.29 is 8.78 Å². The summed E-state index contributed by atoms with van der Waals surface area (Å²) in [7, 11) is 0. The highest BCUT2D eigenvalue weighted by Gasteiger charge is 2.19. The van der Waals surface area contributed by atoms with Crippen LogP contribution >= 0.6 is 0 Å². The molecule has 3 rings (SSSR count). The third-order valence-electron chi connectivity index (χ3n) is 4.65. The van der Waals surface area contributed by atoms with Gasteiger partial charge in [-0.15, -0.1) is 0 Å². The molecule has 2 heterocycles. The molecular weight excluding hydrogens is 308 g/mol. The van der Waals surface area contributed by atoms with Crippen molar-refractivity contribution in [3.63, 3.8) is 0 Å². The lowest BCUT2D eigenvalue weighted by molar-refractivity contribution is 0.146. The maximum atomic E-state index is 13.3. The first-order valence-electron chi connectivity index (χ1n) is 8.54. The van der Waals surface area contributed by atoms with Gasteiger partial charge in [0.1, 0.15) is 5.69 Å². The van der Waals surface area contributed by atoms with Crippen molar-refractivity contribution in [1.29, 1.82) is 0 Å². The third kappa shape index (κ3) is 3.71. The molecule has 0 N–H and O–H groups in total. The Labute approximate surface area is 141 Å². The highest BCUT2D eigenvalue weighted by atomic mass is 19.3. The van der Waals surface area contributed by atoms with E-state index in [0.717, 1.165) is 37.1 Å². The van der Waals surface area contributed by atoms with Gasteiger partial charge in [-0.25, -0.2) is 18.7 Å². The van der Waals surface area contributed by atoms with Gasteiger partial charge in [0, 0.05) is 18.7 Å². The second-order valence-corrected chi connectivity index (χ2v) is 6.48. The molecule has 1 aliphatic heterocycles. The van der Waals surface area contributed by atoms with Gasteiger partial charge in [0.05, 0.1) is 5.69 Å². The van der Waals surface area contributed by atoms with E-state index in [4.69, 9.17) is 0 Å². The number of benzene rings is 1. The average Bonchev–Trinajstić information content (AvgIpc) is 2.86. The summed E-state index contributed by atoms with van der Waals surface area (Å²) in [5.41, 5.74) is 3.54. The van der Waals surface area contributed by atoms with E-state index in [1.807, 2.05) is 36.9 Å². The van der Waals surface area contributed by atoms with Crippen LogP contribution in [0.3, 0.4) is 0 Å². The SMILES string of the molecule is Cc1ccc(-c2cc(C(F)F)nc(N3CCCCCC3)n2)cc1C. The van der Waals surface area contributed by atoms with Crippen LogP contribution in [-0.2, 0) is 0 Å². The molecule has 0 amide bonds. The van der Waals surface area contributed by atoms with Gasteiger partial charge in [0.15, 0.2) is 0 Å². The van der Waals surface area contributed by atoms with E-state index in [2.05, 4.69) is 9.97 Å². The van der Waals surface area contributed by atoms with E-state index in [1.165, 1.54) is 24.5 Å². The molecule has 2 aromatic rings. The van der Waals surface area contributed by atoms with Crippen LogP contribution in [0.2, 0.25) is 0 Å². The topological polar surface area (TPSA) is 29.0 Å². The lowest BCUT2D eigenvalue weighted by Gasteiger charge is -2.21. The molecule has 24 heavy (non-hydrogen) atoms. The molecule has 0 bridgehead atoms. The molecule has 0 radical (unpaired) electrons. The quantitative estimate of drug-likeness (QED) is 0.785. The Hall–Kier alpha value is -2.04. The van der Waals surface area contributed by atoms with Crippen LogP contribution in [-0.4, -0.2) is 23.1 Å². The zero-order valence-corrected chi connectivity index (χ0v) is 14.2. The molecule has 0 saturated carbocycles. The first-order valence-corrected chi connectivity index (χ1v) is 8.54. The van der Waals surface area contributed by atoms with Gasteiger partial charge in [-0.3, -0.25) is 0 Å². The molecule has 0 unspecified atom stereocenters. The Bertz CT molecular complexity index is 708. The normalized spacial score (nSPS) is 15.6. The minimum Gasteiger partial charge on any atom is -0.341 e. The number of nitrogens with zero attached hydrogens (tertiary/aromatic N) is 3. The van der Waals surface area contributed by atoms with Gasteiger partial charge >= 0.3 is 0 Å². The predicted molar refractivity (Wildman–Crippen MR) is 92.6 cm³/mol. The maximum absolute atomic E-state index is 13.3. The summed E-state index contributed by atoms with van der Waals surface area (Å²) >= 11 is 0. The zero-order chi connectivity index (χ0) is 17.1. The monoisotopic (exact) mass is 331 g/mol. The Balaban J connectivity index is 2.03. The Morgan fingerprint density at radius 3 is 2.25 bits per heavy atom. The summed E-state index contributed by atoms with van der Waals surface area (Å²) in [6.45, 7) is 5.72. The molecule has 1 fully saturated rings. The van der Waals surface area contributed by atoms with E-state index in [9.17, 15) is 8.78 Å². The van der Waals surface area contributed by atoms with Crippen LogP contribution in [0.4, 0.5) is 14.7 Å². The second kappa shape index (κ2) is 7.24. The largest absolute Gasteiger partial charge is 0.341 e. The van der Waals surface area contributed by atoms with Crippen molar-refractivity contribution in [3.05, 3.63) is 41.1 Å². The summed E-state index contributed by atoms with van der Waals surface area (Å²) in [4.78, 5) is 10.8. The van der Waals surface area contributed by atoms with E-state index in [0.29, 0.717) is 11.6 Å². The van der Waals surface area contributed by atoms with Crippen molar-refractivity contribution >= 4 is 5.95 Å². The lowest BCUT2D eigenvalue weighted by atomic mass is 10.0. The van der Waals surface area contributed by atoms with Crippen molar-refractivity contribution in [2.45, 2.75) is 46.0 Å². The minimum absolute atomic E-state index is 0.197. The van der Waals surface area contributed by atoms with Gasteiger partial charge in [-0.05, 0) is 49.9 Å². The summed E-state index contributed by atoms with van der Waals surface area (Å²) in [5, 5.41) is 0. The van der Waals surface area contributed by atoms with Crippen molar-refractivity contribution in [2.24, 2.45) is 0 Å². The van der Waals surface area contributed by atoms with Crippen LogP contribution in [0, 0.1) is 13.8 Å². The third-order valence-corrected chi connectivity index (χ3v) is 4.65. The zero-order valence-electron chi connectivity index (χ0n) is 14.2. The number of aryl methyl sites for hydroxylation is 2. The smallest absolute Gasteiger partial charge is 0.280 e. The maximum Gasteiger partial charge on any atom is 0.280 e. The van der Waals surface area contributed by atoms with Gasteiger partial charge in [0.2, 0.25) is 5.95 Å². The standard InChI is InChI=1S/C19H23F2N3/c1-13-7-8-15(11-14(13)2)16-12-17(18(20)21)23-19(22-16)24-9-5-3-4-6-10-24/h7-8,11-12,18H,3-6,9-10H2,1-2H3. The van der Waals surface area contributed by atoms with E-state index >= 15 is 0 Å². The second-order valence-electron chi connectivity index (χ2n) is 6.48. The van der Waals surface area contributed by atoms with Crippen LogP contribution in [0.25, 0.3) is 11.3 Å². The fourth-order valence-corrected chi connectivity index (χ4v) is 3.03. The van der Waals surface area contributed by atoms with E-state index < -0.39 is 6.43 Å². The van der Waals surface area contributed by atoms with Crippen molar-refractivity contribution in [2.75, 3.05) is 18.0 Å². The van der Waals surface area contributed by atoms with E-state index in [-0.39, 0.29) is 5.69 Å². The molecule has 1 saturated heterocycles. The van der Waals surface area contributed by atoms with E-state index in [1.54, 1.807) is 0 Å². The number of anilines is 1. The van der Waals surface area contributed by atoms with Crippen LogP contribution in [0.1, 0.15) is 48.9 Å². The number of hydrogen-bond acceptors (Lipinski definition) is 3. The average molecular weight is 331 g/mol. The van der Waals surface area contributed by atoms with Crippen LogP contribution in [0.5, 0.6) is 0 Å². The summed E-state index contributed by atoms with van der Waals surface area (Å²) in [6.07, 6.45) is 1.87. The number of rotatable bonds is 3. The van der Waals surface area contributed by atoms with Crippen LogP contribution in [0.15, 0.2) is 24.3 Å². The highest BCUT2D eigenvalue weighted by molar-refractivity contribution is 5.63. The number of hydrogen-bond donors (Lipinski definition) is 0. The molecule has 1 aromatic carbocycles. The Morgan fingerprint density at radius 2 is 1.62 bits per heavy atom. The first-order chi connectivity index (χ1) is 11.5. The predicted octanol–water partition coefficient (Wildman–Crippen LogP) is 5.08. The number of aromatic nitrogens is 2. The van der Waals surface area contributed by atoms with Gasteiger partial charge in [-0.2, -0.15) is 0 Å². The lowest BCUT2D eigenvalue weighted by Crippen LogP contribution is -2.26. The highest BCUT2D eigenvalue weighted by Crippen LogP contribution is 2.28. The molecule has 0 aliphatic carbocycles. The van der Waals surface area contributed by atoms with Gasteiger partial charge < -0.3 is 4.90 Å².